The number of rotatable bonds is 7. The van der Waals surface area contributed by atoms with Crippen molar-refractivity contribution in [1.29, 1.82) is 0 Å². The first kappa shape index (κ1) is 15.0. The first-order valence-electron chi connectivity index (χ1n) is 7.02. The molecule has 1 aromatic rings. The molecule has 102 valence electrons. The van der Waals surface area contributed by atoms with Crippen LogP contribution in [0.2, 0.25) is 0 Å². The van der Waals surface area contributed by atoms with E-state index < -0.39 is 0 Å². The largest absolute Gasteiger partial charge is 0.313 e. The molecule has 18 heavy (non-hydrogen) atoms. The molecule has 0 amide bonds. The van der Waals surface area contributed by atoms with Gasteiger partial charge in [-0.3, -0.25) is 4.79 Å². The molecule has 0 atom stereocenters. The number of nitrogens with one attached hydrogen (secondary N) is 1. The maximum absolute atomic E-state index is 12.4. The molecule has 0 aliphatic carbocycles. The Balaban J connectivity index is 2.98. The molecule has 0 fully saturated rings. The van der Waals surface area contributed by atoms with E-state index in [1.165, 1.54) is 0 Å². The molecule has 0 saturated carbocycles. The lowest BCUT2D eigenvalue weighted by Gasteiger charge is -2.14. The topological polar surface area (TPSA) is 34.0 Å². The molecule has 1 N–H and O–H groups in total. The van der Waals surface area contributed by atoms with Gasteiger partial charge in [0.2, 0.25) is 0 Å². The Morgan fingerprint density at radius 3 is 2.56 bits per heavy atom. The fourth-order valence-corrected chi connectivity index (χ4v) is 2.17. The van der Waals surface area contributed by atoms with E-state index in [2.05, 4.69) is 25.2 Å². The van der Waals surface area contributed by atoms with Crippen molar-refractivity contribution in [1.82, 2.24) is 9.88 Å². The van der Waals surface area contributed by atoms with Crippen molar-refractivity contribution in [3.63, 3.8) is 0 Å². The SMILES string of the molecule is CCCCn1c(C)cc(C)c(CNCCC)c1=O. The fourth-order valence-electron chi connectivity index (χ4n) is 2.17. The second kappa shape index (κ2) is 7.37. The summed E-state index contributed by atoms with van der Waals surface area (Å²) in [6, 6.07) is 2.13. The second-order valence-electron chi connectivity index (χ2n) is 4.93. The fraction of sp³-hybridized carbons (Fsp3) is 0.667. The molecule has 1 heterocycles. The summed E-state index contributed by atoms with van der Waals surface area (Å²) >= 11 is 0. The van der Waals surface area contributed by atoms with Crippen molar-refractivity contribution >= 4 is 0 Å². The van der Waals surface area contributed by atoms with E-state index in [9.17, 15) is 4.79 Å². The predicted molar refractivity (Wildman–Crippen MR) is 77.1 cm³/mol. The third-order valence-electron chi connectivity index (χ3n) is 3.29. The highest BCUT2D eigenvalue weighted by Gasteiger charge is 2.09. The van der Waals surface area contributed by atoms with Crippen LogP contribution in [0.1, 0.15) is 49.9 Å². The van der Waals surface area contributed by atoms with E-state index >= 15 is 0 Å². The standard InChI is InChI=1S/C15H26N2O/c1-5-7-9-17-13(4)10-12(3)14(15(17)18)11-16-8-6-2/h10,16H,5-9,11H2,1-4H3. The zero-order valence-electron chi connectivity index (χ0n) is 12.2. The van der Waals surface area contributed by atoms with Crippen molar-refractivity contribution in [2.24, 2.45) is 0 Å². The average Bonchev–Trinajstić information content (AvgIpc) is 2.33. The third-order valence-corrected chi connectivity index (χ3v) is 3.29. The van der Waals surface area contributed by atoms with E-state index in [4.69, 9.17) is 0 Å². The maximum atomic E-state index is 12.4. The quantitative estimate of drug-likeness (QED) is 0.755. The smallest absolute Gasteiger partial charge is 0.255 e. The van der Waals surface area contributed by atoms with Gasteiger partial charge in [-0.2, -0.15) is 0 Å². The van der Waals surface area contributed by atoms with Crippen LogP contribution in [0.3, 0.4) is 0 Å². The average molecular weight is 250 g/mol. The molecule has 0 saturated heterocycles. The lowest BCUT2D eigenvalue weighted by Crippen LogP contribution is -2.30. The molecule has 0 bridgehead atoms. The molecule has 0 spiro atoms. The highest BCUT2D eigenvalue weighted by Crippen LogP contribution is 2.07. The Morgan fingerprint density at radius 1 is 1.22 bits per heavy atom. The summed E-state index contributed by atoms with van der Waals surface area (Å²) in [6.45, 7) is 10.8. The number of hydrogen-bond acceptors (Lipinski definition) is 2. The van der Waals surface area contributed by atoms with E-state index in [1.807, 2.05) is 18.4 Å². The molecule has 0 unspecified atom stereocenters. The summed E-state index contributed by atoms with van der Waals surface area (Å²) in [5.41, 5.74) is 3.29. The van der Waals surface area contributed by atoms with E-state index in [0.717, 1.165) is 49.2 Å². The number of aryl methyl sites for hydroxylation is 2. The minimum absolute atomic E-state index is 0.185. The predicted octanol–water partition coefficient (Wildman–Crippen LogP) is 2.76. The Morgan fingerprint density at radius 2 is 1.94 bits per heavy atom. The van der Waals surface area contributed by atoms with Gasteiger partial charge in [-0.15, -0.1) is 0 Å². The highest BCUT2D eigenvalue weighted by atomic mass is 16.1. The van der Waals surface area contributed by atoms with Crippen molar-refractivity contribution < 1.29 is 0 Å². The van der Waals surface area contributed by atoms with Gasteiger partial charge in [0, 0.05) is 24.3 Å². The molecule has 0 aliphatic rings. The van der Waals surface area contributed by atoms with Crippen molar-refractivity contribution in [3.8, 4) is 0 Å². The van der Waals surface area contributed by atoms with Gasteiger partial charge in [-0.05, 0) is 44.9 Å². The molecule has 1 aromatic heterocycles. The van der Waals surface area contributed by atoms with Crippen LogP contribution >= 0.6 is 0 Å². The van der Waals surface area contributed by atoms with Crippen LogP contribution < -0.4 is 10.9 Å². The molecular weight excluding hydrogens is 224 g/mol. The maximum Gasteiger partial charge on any atom is 0.255 e. The van der Waals surface area contributed by atoms with Crippen LogP contribution in [0.15, 0.2) is 10.9 Å². The van der Waals surface area contributed by atoms with Gasteiger partial charge in [-0.25, -0.2) is 0 Å². The monoisotopic (exact) mass is 250 g/mol. The summed E-state index contributed by atoms with van der Waals surface area (Å²) < 4.78 is 1.92. The summed E-state index contributed by atoms with van der Waals surface area (Å²) in [5.74, 6) is 0. The normalized spacial score (nSPS) is 10.9. The van der Waals surface area contributed by atoms with E-state index in [-0.39, 0.29) is 5.56 Å². The number of aromatic nitrogens is 1. The van der Waals surface area contributed by atoms with E-state index in [1.54, 1.807) is 0 Å². The lowest BCUT2D eigenvalue weighted by atomic mass is 10.1. The summed E-state index contributed by atoms with van der Waals surface area (Å²) in [5, 5.41) is 3.32. The summed E-state index contributed by atoms with van der Waals surface area (Å²) in [6.07, 6.45) is 3.27. The van der Waals surface area contributed by atoms with Gasteiger partial charge in [0.25, 0.3) is 5.56 Å². The molecular formula is C15H26N2O. The Kier molecular flexibility index (Phi) is 6.13. The first-order valence-corrected chi connectivity index (χ1v) is 7.02. The van der Waals surface area contributed by atoms with Crippen LogP contribution in [-0.2, 0) is 13.1 Å². The Labute approximate surface area is 110 Å². The number of hydrogen-bond donors (Lipinski definition) is 1. The van der Waals surface area contributed by atoms with Gasteiger partial charge in [0.05, 0.1) is 0 Å². The number of nitrogens with zero attached hydrogens (tertiary/aromatic N) is 1. The zero-order chi connectivity index (χ0) is 13.5. The summed E-state index contributed by atoms with van der Waals surface area (Å²) in [7, 11) is 0. The molecule has 1 rings (SSSR count). The third kappa shape index (κ3) is 3.70. The Bertz CT molecular complexity index is 435. The molecule has 3 heteroatoms. The first-order chi connectivity index (χ1) is 8.61. The van der Waals surface area contributed by atoms with Gasteiger partial charge in [0.1, 0.15) is 0 Å². The van der Waals surface area contributed by atoms with Gasteiger partial charge >= 0.3 is 0 Å². The zero-order valence-corrected chi connectivity index (χ0v) is 12.2. The number of unbranched alkanes of at least 4 members (excludes halogenated alkanes) is 1. The van der Waals surface area contributed by atoms with Crippen LogP contribution in [0.25, 0.3) is 0 Å². The highest BCUT2D eigenvalue weighted by molar-refractivity contribution is 5.26. The van der Waals surface area contributed by atoms with Crippen LogP contribution in [0.5, 0.6) is 0 Å². The van der Waals surface area contributed by atoms with Crippen molar-refractivity contribution in [2.45, 2.75) is 60.0 Å². The molecule has 3 nitrogen and oxygen atoms in total. The van der Waals surface area contributed by atoms with Crippen molar-refractivity contribution in [3.05, 3.63) is 33.2 Å². The lowest BCUT2D eigenvalue weighted by molar-refractivity contribution is 0.584. The molecule has 0 aromatic carbocycles. The van der Waals surface area contributed by atoms with Gasteiger partial charge < -0.3 is 9.88 Å². The van der Waals surface area contributed by atoms with Gasteiger partial charge in [0.15, 0.2) is 0 Å². The minimum atomic E-state index is 0.185. The summed E-state index contributed by atoms with van der Waals surface area (Å²) in [4.78, 5) is 12.4. The molecule has 0 radical (unpaired) electrons. The van der Waals surface area contributed by atoms with Crippen LogP contribution in [-0.4, -0.2) is 11.1 Å². The minimum Gasteiger partial charge on any atom is -0.313 e. The Hall–Kier alpha value is -1.09. The van der Waals surface area contributed by atoms with Gasteiger partial charge in [-0.1, -0.05) is 20.3 Å². The van der Waals surface area contributed by atoms with Crippen molar-refractivity contribution in [2.75, 3.05) is 6.54 Å². The molecule has 0 aliphatic heterocycles. The van der Waals surface area contributed by atoms with Crippen LogP contribution in [0, 0.1) is 13.8 Å². The second-order valence-corrected chi connectivity index (χ2v) is 4.93. The van der Waals surface area contributed by atoms with E-state index in [0.29, 0.717) is 6.54 Å². The number of pyridine rings is 1. The van der Waals surface area contributed by atoms with Crippen LogP contribution in [0.4, 0.5) is 0 Å².